The first kappa shape index (κ1) is 22.3. The average Bonchev–Trinajstić information content (AvgIpc) is 2.73. The van der Waals surface area contributed by atoms with Gasteiger partial charge in [-0.2, -0.15) is 0 Å². The maximum absolute atomic E-state index is 12.0. The molecule has 29 heavy (non-hydrogen) atoms. The number of rotatable bonds is 8. The zero-order valence-corrected chi connectivity index (χ0v) is 18.0. The zero-order chi connectivity index (χ0) is 21.3. The lowest BCUT2D eigenvalue weighted by atomic mass is 9.85. The lowest BCUT2D eigenvalue weighted by Gasteiger charge is -2.27. The van der Waals surface area contributed by atoms with E-state index < -0.39 is 0 Å². The van der Waals surface area contributed by atoms with E-state index in [1.807, 2.05) is 42.5 Å². The molecule has 0 aliphatic rings. The highest BCUT2D eigenvalue weighted by Crippen LogP contribution is 2.21. The van der Waals surface area contributed by atoms with Crippen molar-refractivity contribution in [3.8, 4) is 5.75 Å². The van der Waals surface area contributed by atoms with Gasteiger partial charge in [-0.05, 0) is 23.3 Å². The molecule has 2 N–H and O–H groups in total. The second-order valence-electron chi connectivity index (χ2n) is 7.76. The summed E-state index contributed by atoms with van der Waals surface area (Å²) in [5.41, 5.74) is 2.22. The third kappa shape index (κ3) is 7.14. The summed E-state index contributed by atoms with van der Waals surface area (Å²) in [6.07, 6.45) is 0. The molecule has 0 bridgehead atoms. The normalized spacial score (nSPS) is 11.7. The van der Waals surface area contributed by atoms with E-state index in [9.17, 15) is 4.79 Å². The van der Waals surface area contributed by atoms with Crippen molar-refractivity contribution in [2.45, 2.75) is 25.8 Å². The van der Waals surface area contributed by atoms with Crippen molar-refractivity contribution in [3.63, 3.8) is 0 Å². The Hall–Kier alpha value is -3.02. The van der Waals surface area contributed by atoms with E-state index >= 15 is 0 Å². The minimum atomic E-state index is -0.0879. The molecule has 0 spiro atoms. The minimum Gasteiger partial charge on any atom is -0.497 e. The lowest BCUT2D eigenvalue weighted by molar-refractivity contribution is -0.127. The Morgan fingerprint density at radius 1 is 1.03 bits per heavy atom. The van der Waals surface area contributed by atoms with Gasteiger partial charge < -0.3 is 20.3 Å². The summed E-state index contributed by atoms with van der Waals surface area (Å²) in [6, 6.07) is 18.2. The molecule has 0 saturated carbocycles. The Morgan fingerprint density at radius 3 is 2.28 bits per heavy atom. The van der Waals surface area contributed by atoms with Crippen molar-refractivity contribution in [2.24, 2.45) is 4.99 Å². The molecular formula is C23H32N4O2. The number of ether oxygens (including phenoxy) is 1. The number of carbonyl (C=O) groups excluding carboxylic acids is 1. The Morgan fingerprint density at radius 2 is 1.69 bits per heavy atom. The fourth-order valence-electron chi connectivity index (χ4n) is 2.69. The first-order valence-corrected chi connectivity index (χ1v) is 9.72. The number of aliphatic imine (C=N–C) groups is 1. The van der Waals surface area contributed by atoms with E-state index in [4.69, 9.17) is 4.74 Å². The van der Waals surface area contributed by atoms with Gasteiger partial charge in [-0.3, -0.25) is 4.79 Å². The number of amides is 1. The fraction of sp³-hybridized carbons (Fsp3) is 0.391. The number of hydrogen-bond acceptors (Lipinski definition) is 3. The Kier molecular flexibility index (Phi) is 8.07. The predicted octanol–water partition coefficient (Wildman–Crippen LogP) is 2.80. The molecule has 0 radical (unpaired) electrons. The largest absolute Gasteiger partial charge is 0.497 e. The Bertz CT molecular complexity index is 799. The molecule has 0 aliphatic carbocycles. The van der Waals surface area contributed by atoms with E-state index in [1.54, 1.807) is 26.1 Å². The molecule has 0 aromatic heterocycles. The summed E-state index contributed by atoms with van der Waals surface area (Å²) in [4.78, 5) is 18.2. The third-order valence-electron chi connectivity index (χ3n) is 4.74. The molecule has 6 heteroatoms. The van der Waals surface area contributed by atoms with Crippen molar-refractivity contribution in [2.75, 3.05) is 34.3 Å². The molecular weight excluding hydrogens is 364 g/mol. The first-order chi connectivity index (χ1) is 13.8. The van der Waals surface area contributed by atoms with Gasteiger partial charge in [-0.15, -0.1) is 0 Å². The number of nitrogens with zero attached hydrogens (tertiary/aromatic N) is 2. The average molecular weight is 397 g/mol. The van der Waals surface area contributed by atoms with Gasteiger partial charge in [0.05, 0.1) is 20.2 Å². The number of guanidine groups is 1. The van der Waals surface area contributed by atoms with E-state index in [2.05, 4.69) is 41.6 Å². The van der Waals surface area contributed by atoms with Gasteiger partial charge in [-0.25, -0.2) is 4.99 Å². The smallest absolute Gasteiger partial charge is 0.241 e. The Balaban J connectivity index is 2.07. The molecule has 0 aliphatic heterocycles. The number of benzene rings is 2. The van der Waals surface area contributed by atoms with Crippen molar-refractivity contribution >= 4 is 11.9 Å². The summed E-state index contributed by atoms with van der Waals surface area (Å²) < 4.78 is 5.20. The number of hydrogen-bond donors (Lipinski definition) is 2. The van der Waals surface area contributed by atoms with Crippen LogP contribution in [0.25, 0.3) is 0 Å². The number of likely N-dealkylation sites (N-methyl/N-ethyl adjacent to an activating group) is 1. The standard InChI is InChI=1S/C23H32N4O2/c1-23(2,19-9-7-6-8-10-19)17-26-22(25-16-21(28)27(3)4)24-15-18-11-13-20(29-5)14-12-18/h6-14H,15-17H2,1-5H3,(H2,24,25,26). The van der Waals surface area contributed by atoms with Crippen LogP contribution < -0.4 is 15.4 Å². The van der Waals surface area contributed by atoms with Gasteiger partial charge in [0.15, 0.2) is 5.96 Å². The van der Waals surface area contributed by atoms with Crippen LogP contribution in [0.3, 0.4) is 0 Å². The molecule has 1 amide bonds. The van der Waals surface area contributed by atoms with E-state index in [-0.39, 0.29) is 17.9 Å². The predicted molar refractivity (Wildman–Crippen MR) is 118 cm³/mol. The monoisotopic (exact) mass is 396 g/mol. The van der Waals surface area contributed by atoms with Crippen LogP contribution in [0.5, 0.6) is 5.75 Å². The summed E-state index contributed by atoms with van der Waals surface area (Å²) in [7, 11) is 5.13. The third-order valence-corrected chi connectivity index (χ3v) is 4.74. The summed E-state index contributed by atoms with van der Waals surface area (Å²) in [5, 5.41) is 6.53. The maximum atomic E-state index is 12.0. The number of nitrogens with one attached hydrogen (secondary N) is 2. The zero-order valence-electron chi connectivity index (χ0n) is 18.0. The van der Waals surface area contributed by atoms with Gasteiger partial charge in [0, 0.05) is 26.1 Å². The molecule has 0 fully saturated rings. The second kappa shape index (κ2) is 10.5. The molecule has 2 aromatic carbocycles. The van der Waals surface area contributed by atoms with Gasteiger partial charge >= 0.3 is 0 Å². The fourth-order valence-corrected chi connectivity index (χ4v) is 2.69. The minimum absolute atomic E-state index is 0.00809. The lowest BCUT2D eigenvalue weighted by Crippen LogP contribution is -2.46. The first-order valence-electron chi connectivity index (χ1n) is 9.72. The van der Waals surface area contributed by atoms with Gasteiger partial charge in [0.1, 0.15) is 5.75 Å². The highest BCUT2D eigenvalue weighted by molar-refractivity contribution is 5.86. The van der Waals surface area contributed by atoms with Crippen LogP contribution >= 0.6 is 0 Å². The summed E-state index contributed by atoms with van der Waals surface area (Å²) in [6.45, 7) is 5.73. The van der Waals surface area contributed by atoms with Crippen molar-refractivity contribution in [1.29, 1.82) is 0 Å². The number of methoxy groups -OCH3 is 1. The van der Waals surface area contributed by atoms with E-state index in [0.29, 0.717) is 19.0 Å². The highest BCUT2D eigenvalue weighted by atomic mass is 16.5. The highest BCUT2D eigenvalue weighted by Gasteiger charge is 2.20. The Labute approximate surface area is 174 Å². The maximum Gasteiger partial charge on any atom is 0.241 e. The number of carbonyl (C=O) groups is 1. The van der Waals surface area contributed by atoms with Crippen LogP contribution in [0.1, 0.15) is 25.0 Å². The summed E-state index contributed by atoms with van der Waals surface area (Å²) in [5.74, 6) is 1.42. The molecule has 0 unspecified atom stereocenters. The van der Waals surface area contributed by atoms with Gasteiger partial charge in [0.25, 0.3) is 0 Å². The van der Waals surface area contributed by atoms with Crippen LogP contribution in [-0.4, -0.2) is 51.1 Å². The second-order valence-corrected chi connectivity index (χ2v) is 7.76. The van der Waals surface area contributed by atoms with Crippen molar-refractivity contribution in [3.05, 3.63) is 65.7 Å². The molecule has 2 aromatic rings. The summed E-state index contributed by atoms with van der Waals surface area (Å²) >= 11 is 0. The van der Waals surface area contributed by atoms with Gasteiger partial charge in [-0.1, -0.05) is 56.3 Å². The quantitative estimate of drug-likeness (QED) is 0.532. The molecule has 0 saturated heterocycles. The van der Waals surface area contributed by atoms with Crippen LogP contribution in [-0.2, 0) is 16.8 Å². The van der Waals surface area contributed by atoms with Crippen LogP contribution in [0.2, 0.25) is 0 Å². The molecule has 6 nitrogen and oxygen atoms in total. The topological polar surface area (TPSA) is 66.0 Å². The van der Waals surface area contributed by atoms with E-state index in [1.165, 1.54) is 5.56 Å². The molecule has 156 valence electrons. The van der Waals surface area contributed by atoms with Crippen LogP contribution in [0.15, 0.2) is 59.6 Å². The molecule has 2 rings (SSSR count). The van der Waals surface area contributed by atoms with E-state index in [0.717, 1.165) is 11.3 Å². The van der Waals surface area contributed by atoms with Gasteiger partial charge in [0.2, 0.25) is 5.91 Å². The van der Waals surface area contributed by atoms with Crippen LogP contribution in [0.4, 0.5) is 0 Å². The molecule has 0 atom stereocenters. The SMILES string of the molecule is COc1ccc(CN=C(NCC(=O)N(C)C)NCC(C)(C)c2ccccc2)cc1. The van der Waals surface area contributed by atoms with Crippen molar-refractivity contribution in [1.82, 2.24) is 15.5 Å². The molecule has 0 heterocycles. The van der Waals surface area contributed by atoms with Crippen LogP contribution in [0, 0.1) is 0 Å². The van der Waals surface area contributed by atoms with Crippen molar-refractivity contribution < 1.29 is 9.53 Å².